The lowest BCUT2D eigenvalue weighted by atomic mass is 9.73. The molecule has 3 aromatic rings. The molecule has 1 saturated carbocycles. The summed E-state index contributed by atoms with van der Waals surface area (Å²) in [6.45, 7) is 5.48. The molecule has 2 aromatic heterocycles. The minimum absolute atomic E-state index is 0.0665. The SMILES string of the molecule is Cc1nc2c(N3CCN(C(c4ccc(F)c(F)c4)C4CC(F)(F)C4)CC3C)nc(NN)nc2n1C. The molecule has 0 spiro atoms. The number of halogens is 4. The van der Waals surface area contributed by atoms with Crippen LogP contribution in [0.1, 0.15) is 37.2 Å². The summed E-state index contributed by atoms with van der Waals surface area (Å²) in [5.74, 6) is 2.30. The van der Waals surface area contributed by atoms with E-state index >= 15 is 0 Å². The van der Waals surface area contributed by atoms with Crippen LogP contribution in [0.2, 0.25) is 0 Å². The van der Waals surface area contributed by atoms with E-state index in [4.69, 9.17) is 5.84 Å². The van der Waals surface area contributed by atoms with Gasteiger partial charge in [-0.05, 0) is 37.5 Å². The number of nitrogen functional groups attached to an aromatic ring is 1. The van der Waals surface area contributed by atoms with Gasteiger partial charge in [0.05, 0.1) is 0 Å². The maximum atomic E-state index is 14.1. The first-order valence-corrected chi connectivity index (χ1v) is 11.6. The van der Waals surface area contributed by atoms with Crippen LogP contribution in [-0.2, 0) is 7.05 Å². The van der Waals surface area contributed by atoms with Gasteiger partial charge in [0.1, 0.15) is 5.82 Å². The Morgan fingerprint density at radius 2 is 1.86 bits per heavy atom. The van der Waals surface area contributed by atoms with Crippen molar-refractivity contribution in [3.63, 3.8) is 0 Å². The van der Waals surface area contributed by atoms with Crippen LogP contribution in [0.3, 0.4) is 0 Å². The molecule has 0 radical (unpaired) electrons. The molecule has 3 N–H and O–H groups in total. The molecule has 1 aromatic carbocycles. The van der Waals surface area contributed by atoms with Crippen molar-refractivity contribution in [2.75, 3.05) is 30.0 Å². The lowest BCUT2D eigenvalue weighted by Crippen LogP contribution is -2.56. The van der Waals surface area contributed by atoms with Gasteiger partial charge in [-0.15, -0.1) is 0 Å². The monoisotopic (exact) mass is 492 g/mol. The first-order valence-electron chi connectivity index (χ1n) is 11.6. The molecule has 188 valence electrons. The summed E-state index contributed by atoms with van der Waals surface area (Å²) in [6.07, 6.45) is -0.535. The van der Waals surface area contributed by atoms with Gasteiger partial charge in [0.15, 0.2) is 28.6 Å². The highest BCUT2D eigenvalue weighted by atomic mass is 19.3. The molecule has 2 fully saturated rings. The second-order valence-electron chi connectivity index (χ2n) is 9.59. The number of nitrogens with two attached hydrogens (primary N) is 1. The molecule has 8 nitrogen and oxygen atoms in total. The van der Waals surface area contributed by atoms with Crippen molar-refractivity contribution in [3.8, 4) is 0 Å². The molecule has 2 aliphatic rings. The zero-order valence-electron chi connectivity index (χ0n) is 19.8. The molecule has 2 atom stereocenters. The topological polar surface area (TPSA) is 88.1 Å². The summed E-state index contributed by atoms with van der Waals surface area (Å²) in [6, 6.07) is 3.20. The Morgan fingerprint density at radius 1 is 1.11 bits per heavy atom. The Morgan fingerprint density at radius 3 is 2.49 bits per heavy atom. The van der Waals surface area contributed by atoms with Gasteiger partial charge in [0.2, 0.25) is 11.9 Å². The normalized spacial score (nSPS) is 21.8. The maximum absolute atomic E-state index is 14.1. The first-order chi connectivity index (χ1) is 16.6. The number of rotatable bonds is 5. The van der Waals surface area contributed by atoms with Gasteiger partial charge < -0.3 is 9.47 Å². The molecular formula is C23H28F4N8. The molecule has 0 bridgehead atoms. The summed E-state index contributed by atoms with van der Waals surface area (Å²) >= 11 is 0. The van der Waals surface area contributed by atoms with Crippen molar-refractivity contribution in [1.82, 2.24) is 24.4 Å². The Balaban J connectivity index is 1.45. The number of fused-ring (bicyclic) bond motifs is 1. The van der Waals surface area contributed by atoms with Crippen molar-refractivity contribution in [2.45, 2.75) is 44.7 Å². The van der Waals surface area contributed by atoms with Gasteiger partial charge in [-0.3, -0.25) is 10.3 Å². The van der Waals surface area contributed by atoms with Crippen molar-refractivity contribution < 1.29 is 17.6 Å². The van der Waals surface area contributed by atoms with Crippen LogP contribution in [0.5, 0.6) is 0 Å². The number of nitrogens with one attached hydrogen (secondary N) is 1. The van der Waals surface area contributed by atoms with Crippen LogP contribution in [-0.4, -0.2) is 56.0 Å². The Hall–Kier alpha value is -2.99. The average Bonchev–Trinajstić information content (AvgIpc) is 3.08. The fraction of sp³-hybridized carbons (Fsp3) is 0.522. The number of aryl methyl sites for hydroxylation is 2. The number of alkyl halides is 2. The molecule has 5 rings (SSSR count). The van der Waals surface area contributed by atoms with Gasteiger partial charge in [-0.25, -0.2) is 28.4 Å². The highest BCUT2D eigenvalue weighted by Gasteiger charge is 2.50. The Kier molecular flexibility index (Phi) is 5.83. The van der Waals surface area contributed by atoms with Crippen LogP contribution < -0.4 is 16.2 Å². The van der Waals surface area contributed by atoms with Crippen LogP contribution in [0.25, 0.3) is 11.2 Å². The zero-order valence-corrected chi connectivity index (χ0v) is 19.8. The van der Waals surface area contributed by atoms with Crippen LogP contribution in [0.4, 0.5) is 29.3 Å². The molecule has 12 heteroatoms. The average molecular weight is 493 g/mol. The van der Waals surface area contributed by atoms with Gasteiger partial charge in [-0.1, -0.05) is 6.07 Å². The third kappa shape index (κ3) is 4.18. The molecule has 0 amide bonds. The van der Waals surface area contributed by atoms with Gasteiger partial charge in [0, 0.05) is 51.6 Å². The molecule has 35 heavy (non-hydrogen) atoms. The second-order valence-corrected chi connectivity index (χ2v) is 9.59. The van der Waals surface area contributed by atoms with Crippen molar-refractivity contribution in [1.29, 1.82) is 0 Å². The summed E-state index contributed by atoms with van der Waals surface area (Å²) in [4.78, 5) is 17.8. The predicted molar refractivity (Wildman–Crippen MR) is 124 cm³/mol. The first kappa shape index (κ1) is 23.7. The Bertz CT molecular complexity index is 1250. The largest absolute Gasteiger partial charge is 0.349 e. The number of piperazine rings is 1. The van der Waals surface area contributed by atoms with E-state index in [0.29, 0.717) is 42.2 Å². The summed E-state index contributed by atoms with van der Waals surface area (Å²) in [5.41, 5.74) is 4.32. The number of hydrazine groups is 1. The highest BCUT2D eigenvalue weighted by Crippen LogP contribution is 2.50. The van der Waals surface area contributed by atoms with Crippen LogP contribution in [0, 0.1) is 24.5 Å². The minimum atomic E-state index is -2.72. The lowest BCUT2D eigenvalue weighted by Gasteiger charge is -2.49. The van der Waals surface area contributed by atoms with E-state index < -0.39 is 23.6 Å². The molecule has 1 saturated heterocycles. The van der Waals surface area contributed by atoms with Gasteiger partial charge in [0.25, 0.3) is 0 Å². The predicted octanol–water partition coefficient (Wildman–Crippen LogP) is 3.53. The summed E-state index contributed by atoms with van der Waals surface area (Å²) in [5, 5.41) is 0. The van der Waals surface area contributed by atoms with E-state index in [1.165, 1.54) is 6.07 Å². The lowest BCUT2D eigenvalue weighted by molar-refractivity contribution is -0.133. The summed E-state index contributed by atoms with van der Waals surface area (Å²) in [7, 11) is 1.87. The third-order valence-electron chi connectivity index (χ3n) is 7.23. The fourth-order valence-corrected chi connectivity index (χ4v) is 5.38. The number of benzene rings is 1. The third-order valence-corrected chi connectivity index (χ3v) is 7.23. The van der Waals surface area contributed by atoms with Crippen molar-refractivity contribution >= 4 is 22.9 Å². The smallest absolute Gasteiger partial charge is 0.248 e. The molecular weight excluding hydrogens is 464 g/mol. The summed E-state index contributed by atoms with van der Waals surface area (Å²) < 4.78 is 57.1. The van der Waals surface area contributed by atoms with E-state index in [2.05, 4.69) is 30.2 Å². The number of hydrogen-bond acceptors (Lipinski definition) is 7. The maximum Gasteiger partial charge on any atom is 0.248 e. The number of imidazole rings is 1. The van der Waals surface area contributed by atoms with E-state index in [1.54, 1.807) is 0 Å². The van der Waals surface area contributed by atoms with Gasteiger partial charge in [-0.2, -0.15) is 9.97 Å². The molecule has 2 unspecified atom stereocenters. The molecule has 3 heterocycles. The standard InChI is InChI=1S/C23H28F4N8/c1-12-11-34(19(15-9-23(26,27)10-15)14-4-5-16(24)17(25)8-14)6-7-35(12)21-18-20(30-22(31-21)32-28)33(3)13(2)29-18/h4-5,8,12,15,19H,6-7,9-11,28H2,1-3H3,(H,30,31,32). The van der Waals surface area contributed by atoms with Crippen molar-refractivity contribution in [3.05, 3.63) is 41.2 Å². The van der Waals surface area contributed by atoms with Crippen molar-refractivity contribution in [2.24, 2.45) is 18.8 Å². The fourth-order valence-electron chi connectivity index (χ4n) is 5.38. The number of aromatic nitrogens is 4. The number of hydrogen-bond donors (Lipinski definition) is 2. The van der Waals surface area contributed by atoms with E-state index in [9.17, 15) is 17.6 Å². The second kappa shape index (κ2) is 8.59. The number of nitrogens with zero attached hydrogens (tertiary/aromatic N) is 6. The zero-order chi connectivity index (χ0) is 25.1. The minimum Gasteiger partial charge on any atom is -0.349 e. The highest BCUT2D eigenvalue weighted by molar-refractivity contribution is 5.85. The van der Waals surface area contributed by atoms with Gasteiger partial charge >= 0.3 is 0 Å². The van der Waals surface area contributed by atoms with E-state index in [1.807, 2.05) is 25.5 Å². The molecule has 1 aliphatic heterocycles. The van der Waals surface area contributed by atoms with E-state index in [0.717, 1.165) is 18.0 Å². The van der Waals surface area contributed by atoms with Crippen LogP contribution in [0.15, 0.2) is 18.2 Å². The van der Waals surface area contributed by atoms with E-state index in [-0.39, 0.29) is 30.7 Å². The number of anilines is 2. The Labute approximate surface area is 200 Å². The van der Waals surface area contributed by atoms with Crippen LogP contribution >= 0.6 is 0 Å². The quantitative estimate of drug-likeness (QED) is 0.320. The molecule has 1 aliphatic carbocycles.